The average molecular weight is 302 g/mol. The number of hydrogen-bond donors (Lipinski definition) is 1. The van der Waals surface area contributed by atoms with Gasteiger partial charge in [-0.2, -0.15) is 11.8 Å². The van der Waals surface area contributed by atoms with Gasteiger partial charge in [-0.1, -0.05) is 25.0 Å². The first-order valence-corrected chi connectivity index (χ1v) is 8.71. The molecule has 1 saturated carbocycles. The van der Waals surface area contributed by atoms with Crippen molar-refractivity contribution in [3.05, 3.63) is 30.5 Å². The van der Waals surface area contributed by atoms with E-state index in [1.165, 1.54) is 25.7 Å². The molecule has 1 fully saturated rings. The van der Waals surface area contributed by atoms with Crippen LogP contribution in [0.5, 0.6) is 5.75 Å². The summed E-state index contributed by atoms with van der Waals surface area (Å²) >= 11 is 2.00. The molecular formula is C17H22N2OS. The molecule has 1 aliphatic carbocycles. The van der Waals surface area contributed by atoms with Crippen molar-refractivity contribution in [1.82, 2.24) is 4.98 Å². The van der Waals surface area contributed by atoms with Crippen LogP contribution in [0.1, 0.15) is 25.7 Å². The Morgan fingerprint density at radius 3 is 2.76 bits per heavy atom. The lowest BCUT2D eigenvalue weighted by Crippen LogP contribution is -2.30. The monoisotopic (exact) mass is 302 g/mol. The molecule has 0 radical (unpaired) electrons. The number of anilines is 1. The van der Waals surface area contributed by atoms with Crippen LogP contribution in [-0.2, 0) is 0 Å². The number of pyridine rings is 1. The number of fused-ring (bicyclic) bond motifs is 1. The van der Waals surface area contributed by atoms with Crippen LogP contribution in [0.3, 0.4) is 0 Å². The second kappa shape index (κ2) is 6.14. The Balaban J connectivity index is 1.87. The van der Waals surface area contributed by atoms with Gasteiger partial charge in [0.15, 0.2) is 0 Å². The number of nitrogens with zero attached hydrogens (tertiary/aromatic N) is 1. The second-order valence-electron chi connectivity index (χ2n) is 5.66. The Morgan fingerprint density at radius 2 is 2.05 bits per heavy atom. The van der Waals surface area contributed by atoms with Crippen LogP contribution in [0.25, 0.3) is 10.8 Å². The third-order valence-electron chi connectivity index (χ3n) is 4.51. The van der Waals surface area contributed by atoms with E-state index in [1.54, 1.807) is 7.11 Å². The fourth-order valence-corrected chi connectivity index (χ4v) is 4.13. The number of aromatic nitrogens is 1. The number of methoxy groups -OCH3 is 1. The maximum atomic E-state index is 5.44. The van der Waals surface area contributed by atoms with E-state index in [0.717, 1.165) is 28.9 Å². The minimum absolute atomic E-state index is 0.378. The highest BCUT2D eigenvalue weighted by molar-refractivity contribution is 8.00. The van der Waals surface area contributed by atoms with E-state index in [4.69, 9.17) is 4.74 Å². The predicted octanol–water partition coefficient (Wildman–Crippen LogP) is 4.33. The van der Waals surface area contributed by atoms with E-state index in [1.807, 2.05) is 36.2 Å². The van der Waals surface area contributed by atoms with Crippen molar-refractivity contribution in [3.8, 4) is 5.75 Å². The lowest BCUT2D eigenvalue weighted by atomic mass is 10.1. The molecule has 0 spiro atoms. The maximum Gasteiger partial charge on any atom is 0.133 e. The highest BCUT2D eigenvalue weighted by atomic mass is 32.2. The van der Waals surface area contributed by atoms with Gasteiger partial charge in [-0.25, -0.2) is 4.98 Å². The van der Waals surface area contributed by atoms with Crippen LogP contribution < -0.4 is 10.1 Å². The van der Waals surface area contributed by atoms with E-state index in [9.17, 15) is 0 Å². The zero-order valence-electron chi connectivity index (χ0n) is 12.7. The quantitative estimate of drug-likeness (QED) is 0.891. The van der Waals surface area contributed by atoms with Gasteiger partial charge in [-0.15, -0.1) is 0 Å². The van der Waals surface area contributed by atoms with Gasteiger partial charge in [0, 0.05) is 28.3 Å². The SMILES string of the molecule is COc1cccc2c(NCC3(SC)CCCC3)nccc12. The molecule has 0 unspecified atom stereocenters. The smallest absolute Gasteiger partial charge is 0.133 e. The second-order valence-corrected chi connectivity index (χ2v) is 6.94. The molecule has 1 aromatic heterocycles. The van der Waals surface area contributed by atoms with Gasteiger partial charge >= 0.3 is 0 Å². The first-order valence-electron chi connectivity index (χ1n) is 7.49. The zero-order chi connectivity index (χ0) is 14.7. The van der Waals surface area contributed by atoms with Crippen molar-refractivity contribution < 1.29 is 4.74 Å². The normalized spacial score (nSPS) is 17.0. The standard InChI is InChI=1S/C17H22N2OS/c1-20-15-7-5-6-14-13(15)8-11-18-16(14)19-12-17(21-2)9-3-4-10-17/h5-8,11H,3-4,9-10,12H2,1-2H3,(H,18,19). The van der Waals surface area contributed by atoms with Crippen molar-refractivity contribution in [3.63, 3.8) is 0 Å². The van der Waals surface area contributed by atoms with Gasteiger partial charge in [0.25, 0.3) is 0 Å². The number of benzene rings is 1. The van der Waals surface area contributed by atoms with Gasteiger partial charge in [-0.3, -0.25) is 0 Å². The van der Waals surface area contributed by atoms with E-state index in [2.05, 4.69) is 22.6 Å². The maximum absolute atomic E-state index is 5.44. The summed E-state index contributed by atoms with van der Waals surface area (Å²) in [6.45, 7) is 0.984. The van der Waals surface area contributed by atoms with Crippen molar-refractivity contribution in [1.29, 1.82) is 0 Å². The molecule has 21 heavy (non-hydrogen) atoms. The van der Waals surface area contributed by atoms with Crippen LogP contribution in [0.15, 0.2) is 30.5 Å². The van der Waals surface area contributed by atoms with Crippen molar-refractivity contribution in [2.75, 3.05) is 25.2 Å². The van der Waals surface area contributed by atoms with Gasteiger partial charge in [0.1, 0.15) is 11.6 Å². The molecule has 1 heterocycles. The van der Waals surface area contributed by atoms with Crippen LogP contribution in [0.2, 0.25) is 0 Å². The number of ether oxygens (including phenoxy) is 1. The fourth-order valence-electron chi connectivity index (χ4n) is 3.21. The molecule has 0 amide bonds. The Kier molecular flexibility index (Phi) is 4.24. The summed E-state index contributed by atoms with van der Waals surface area (Å²) in [7, 11) is 1.71. The van der Waals surface area contributed by atoms with Crippen molar-refractivity contribution in [2.45, 2.75) is 30.4 Å². The van der Waals surface area contributed by atoms with Gasteiger partial charge < -0.3 is 10.1 Å². The Morgan fingerprint density at radius 1 is 1.24 bits per heavy atom. The Labute approximate surface area is 130 Å². The number of hydrogen-bond acceptors (Lipinski definition) is 4. The van der Waals surface area contributed by atoms with Crippen LogP contribution in [-0.4, -0.2) is 29.6 Å². The molecule has 0 bridgehead atoms. The summed E-state index contributed by atoms with van der Waals surface area (Å²) in [5, 5.41) is 5.83. The molecule has 1 aliphatic rings. The van der Waals surface area contributed by atoms with Crippen LogP contribution >= 0.6 is 11.8 Å². The van der Waals surface area contributed by atoms with E-state index in [0.29, 0.717) is 4.75 Å². The summed E-state index contributed by atoms with van der Waals surface area (Å²) in [4.78, 5) is 4.53. The zero-order valence-corrected chi connectivity index (χ0v) is 13.5. The van der Waals surface area contributed by atoms with Crippen molar-refractivity contribution in [2.24, 2.45) is 0 Å². The van der Waals surface area contributed by atoms with Crippen LogP contribution in [0, 0.1) is 0 Å². The highest BCUT2D eigenvalue weighted by Crippen LogP contribution is 2.40. The largest absolute Gasteiger partial charge is 0.496 e. The van der Waals surface area contributed by atoms with Gasteiger partial charge in [0.2, 0.25) is 0 Å². The topological polar surface area (TPSA) is 34.1 Å². The molecular weight excluding hydrogens is 280 g/mol. The molecule has 0 saturated heterocycles. The number of rotatable bonds is 5. The average Bonchev–Trinajstić information content (AvgIpc) is 3.01. The molecule has 1 N–H and O–H groups in total. The molecule has 3 nitrogen and oxygen atoms in total. The molecule has 4 heteroatoms. The van der Waals surface area contributed by atoms with Gasteiger partial charge in [0.05, 0.1) is 7.11 Å². The minimum Gasteiger partial charge on any atom is -0.496 e. The van der Waals surface area contributed by atoms with Crippen molar-refractivity contribution >= 4 is 28.4 Å². The number of nitrogens with one attached hydrogen (secondary N) is 1. The first-order chi connectivity index (χ1) is 10.3. The molecule has 3 rings (SSSR count). The highest BCUT2D eigenvalue weighted by Gasteiger charge is 2.32. The summed E-state index contributed by atoms with van der Waals surface area (Å²) < 4.78 is 5.82. The Bertz CT molecular complexity index is 623. The number of thioether (sulfide) groups is 1. The van der Waals surface area contributed by atoms with E-state index < -0.39 is 0 Å². The van der Waals surface area contributed by atoms with Gasteiger partial charge in [-0.05, 0) is 31.2 Å². The van der Waals surface area contributed by atoms with E-state index >= 15 is 0 Å². The first kappa shape index (κ1) is 14.5. The third kappa shape index (κ3) is 2.82. The molecule has 1 aromatic carbocycles. The molecule has 0 atom stereocenters. The van der Waals surface area contributed by atoms with Crippen LogP contribution in [0.4, 0.5) is 5.82 Å². The summed E-state index contributed by atoms with van der Waals surface area (Å²) in [5.74, 6) is 1.87. The third-order valence-corrected chi connectivity index (χ3v) is 5.93. The Hall–Kier alpha value is -1.42. The molecule has 2 aromatic rings. The summed E-state index contributed by atoms with van der Waals surface area (Å²) in [5.41, 5.74) is 0. The molecule has 0 aliphatic heterocycles. The lowest BCUT2D eigenvalue weighted by Gasteiger charge is -2.27. The predicted molar refractivity (Wildman–Crippen MR) is 91.5 cm³/mol. The minimum atomic E-state index is 0.378. The summed E-state index contributed by atoms with van der Waals surface area (Å²) in [6.07, 6.45) is 9.38. The summed E-state index contributed by atoms with van der Waals surface area (Å²) in [6, 6.07) is 8.13. The lowest BCUT2D eigenvalue weighted by molar-refractivity contribution is 0.420. The fraction of sp³-hybridized carbons (Fsp3) is 0.471. The molecule has 112 valence electrons. The van der Waals surface area contributed by atoms with E-state index in [-0.39, 0.29) is 0 Å².